The molecule has 66 heavy (non-hydrogen) atoms. The lowest BCUT2D eigenvalue weighted by Gasteiger charge is -2.63. The lowest BCUT2D eigenvalue weighted by molar-refractivity contribution is -0.0281. The molecule has 330 valence electrons. The second kappa shape index (κ2) is 16.2. The first kappa shape index (κ1) is 43.3. The summed E-state index contributed by atoms with van der Waals surface area (Å²) in [5, 5.41) is 0. The maximum Gasteiger partial charge on any atom is 0.243 e. The lowest BCUT2D eigenvalue weighted by atomic mass is 9.34. The molecule has 4 fully saturated rings. The summed E-state index contributed by atoms with van der Waals surface area (Å²) >= 11 is 0. The third-order valence-corrected chi connectivity index (χ3v) is 17.4. The van der Waals surface area contributed by atoms with E-state index in [1.54, 1.807) is 27.7 Å². The first-order chi connectivity index (χ1) is 31.7. The Balaban J connectivity index is 0.964. The van der Waals surface area contributed by atoms with E-state index in [-0.39, 0.29) is 24.3 Å². The Morgan fingerprint density at radius 1 is 0.485 bits per heavy atom. The molecule has 0 nitrogen and oxygen atoms in total. The summed E-state index contributed by atoms with van der Waals surface area (Å²) in [6.07, 6.45) is 8.07. The third kappa shape index (κ3) is 7.02. The molecule has 2 unspecified atom stereocenters. The van der Waals surface area contributed by atoms with Crippen LogP contribution in [0.4, 0.5) is 0 Å². The monoisotopic (exact) mass is 859 g/mol. The van der Waals surface area contributed by atoms with E-state index in [9.17, 15) is 0 Å². The molecule has 0 radical (unpaired) electrons. The summed E-state index contributed by atoms with van der Waals surface area (Å²) < 4.78 is 0. The summed E-state index contributed by atoms with van der Waals surface area (Å²) in [4.78, 5) is 0. The number of hydrogen-bond acceptors (Lipinski definition) is 0. The van der Waals surface area contributed by atoms with Crippen LogP contribution in [0.2, 0.25) is 0 Å². The second-order valence-electron chi connectivity index (χ2n) is 22.8. The molecule has 2 heteroatoms. The van der Waals surface area contributed by atoms with Gasteiger partial charge in [-0.3, -0.25) is 0 Å². The summed E-state index contributed by atoms with van der Waals surface area (Å²) in [5.74, 6) is 2.47. The van der Waals surface area contributed by atoms with Crippen LogP contribution in [0, 0.1) is 53.4 Å². The van der Waals surface area contributed by atoms with Crippen LogP contribution in [0.5, 0.6) is 0 Å². The Morgan fingerprint density at radius 2 is 0.955 bits per heavy atom. The fraction of sp³-hybridized carbons (Fsp3) is 0.344. The van der Waals surface area contributed by atoms with Gasteiger partial charge in [-0.1, -0.05) is 227 Å². The van der Waals surface area contributed by atoms with Gasteiger partial charge in [0, 0.05) is 0 Å². The summed E-state index contributed by atoms with van der Waals surface area (Å²) in [7, 11) is 0. The van der Waals surface area contributed by atoms with Crippen molar-refractivity contribution in [1.29, 1.82) is 0 Å². The van der Waals surface area contributed by atoms with Crippen LogP contribution in [0.3, 0.4) is 0 Å². The number of hydrogen-bond donors (Lipinski definition) is 0. The number of aryl methyl sites for hydroxylation is 6. The van der Waals surface area contributed by atoms with Crippen LogP contribution >= 0.6 is 0 Å². The third-order valence-electron chi connectivity index (χ3n) is 17.4. The highest BCUT2D eigenvalue weighted by Gasteiger charge is 2.59. The summed E-state index contributed by atoms with van der Waals surface area (Å²) in [5.41, 5.74) is 29.3. The normalized spacial score (nSPS) is 21.5. The van der Waals surface area contributed by atoms with Gasteiger partial charge in [-0.25, -0.2) is 0 Å². The van der Waals surface area contributed by atoms with Gasteiger partial charge < -0.3 is 0 Å². The van der Waals surface area contributed by atoms with Gasteiger partial charge in [-0.05, 0) is 159 Å². The van der Waals surface area contributed by atoms with Crippen molar-refractivity contribution in [2.24, 2.45) is 11.8 Å². The van der Waals surface area contributed by atoms with Crippen molar-refractivity contribution in [3.8, 4) is 22.3 Å². The zero-order valence-electron chi connectivity index (χ0n) is 41.4. The molecule has 1 heterocycles. The molecule has 4 saturated carbocycles. The second-order valence-corrected chi connectivity index (χ2v) is 22.8. The van der Waals surface area contributed by atoms with Gasteiger partial charge in [-0.2, -0.15) is 0 Å². The van der Waals surface area contributed by atoms with Gasteiger partial charge >= 0.3 is 0 Å². The maximum absolute atomic E-state index is 2.75. The van der Waals surface area contributed by atoms with E-state index < -0.39 is 0 Å². The lowest BCUT2D eigenvalue weighted by Crippen LogP contribution is -2.56. The quantitative estimate of drug-likeness (QED) is 0.127. The fourth-order valence-corrected chi connectivity index (χ4v) is 15.4. The highest BCUT2D eigenvalue weighted by atomic mass is 14.6. The Bertz CT molecular complexity index is 2840. The minimum atomic E-state index is 0.167. The molecule has 0 N–H and O–H groups in total. The smallest absolute Gasteiger partial charge is 0.0680 e. The van der Waals surface area contributed by atoms with Crippen LogP contribution in [-0.4, -0.2) is 13.4 Å². The molecular weight excluding hydrogens is 790 g/mol. The molecule has 0 spiro atoms. The van der Waals surface area contributed by atoms with E-state index in [1.807, 2.05) is 0 Å². The van der Waals surface area contributed by atoms with Crippen molar-refractivity contribution in [3.63, 3.8) is 0 Å². The standard InChI is InChI=1S/C64H68B2/c1-39(2)56-32-52(33-57(40(3)4)62(56)66-58-20-13-11-18-54(58)55-19-12-14-21-59(55)66)64-36-47-30-48(37-64)35-63(34-47,38-64)51-24-22-49(23-25-51)50-16-15-17-53(31-50)65(60-43(7)26-41(5)27-44(60)8)61-45(9)28-42(6)29-46(61)10/h11-29,31-33,39-40,47-48H,30,34-38H2,1-10H3. The van der Waals surface area contributed by atoms with E-state index in [0.29, 0.717) is 11.8 Å². The number of rotatable bonds is 9. The Labute approximate surface area is 397 Å². The highest BCUT2D eigenvalue weighted by Crippen LogP contribution is 2.66. The molecule has 7 aromatic rings. The first-order valence-corrected chi connectivity index (χ1v) is 25.5. The molecule has 2 atom stereocenters. The zero-order valence-corrected chi connectivity index (χ0v) is 41.4. The van der Waals surface area contributed by atoms with Crippen LogP contribution in [0.1, 0.15) is 134 Å². The summed E-state index contributed by atoms with van der Waals surface area (Å²) in [6.45, 7) is 24.0. The van der Waals surface area contributed by atoms with Crippen molar-refractivity contribution < 1.29 is 0 Å². The molecule has 5 aliphatic rings. The van der Waals surface area contributed by atoms with Gasteiger partial charge in [0.15, 0.2) is 0 Å². The predicted octanol–water partition coefficient (Wildman–Crippen LogP) is 12.3. The van der Waals surface area contributed by atoms with Crippen molar-refractivity contribution in [2.45, 2.75) is 130 Å². The van der Waals surface area contributed by atoms with Crippen LogP contribution in [-0.2, 0) is 10.8 Å². The molecule has 0 saturated heterocycles. The maximum atomic E-state index is 2.75. The van der Waals surface area contributed by atoms with Gasteiger partial charge in [-0.15, -0.1) is 0 Å². The van der Waals surface area contributed by atoms with Crippen molar-refractivity contribution in [1.82, 2.24) is 0 Å². The van der Waals surface area contributed by atoms with Gasteiger partial charge in [0.25, 0.3) is 0 Å². The van der Waals surface area contributed by atoms with Gasteiger partial charge in [0.2, 0.25) is 13.4 Å². The average Bonchev–Trinajstić information content (AvgIpc) is 3.61. The Kier molecular flexibility index (Phi) is 10.6. The Hall–Kier alpha value is -5.33. The zero-order chi connectivity index (χ0) is 45.8. The van der Waals surface area contributed by atoms with Crippen molar-refractivity contribution >= 4 is 46.2 Å². The van der Waals surface area contributed by atoms with Gasteiger partial charge in [0.1, 0.15) is 0 Å². The van der Waals surface area contributed by atoms with E-state index in [2.05, 4.69) is 203 Å². The molecule has 0 amide bonds. The van der Waals surface area contributed by atoms with Crippen LogP contribution < -0.4 is 32.8 Å². The largest absolute Gasteiger partial charge is 0.243 e. The highest BCUT2D eigenvalue weighted by molar-refractivity contribution is 6.99. The minimum Gasteiger partial charge on any atom is -0.0680 e. The average molecular weight is 859 g/mol. The number of fused-ring (bicyclic) bond motifs is 3. The molecule has 1 aliphatic heterocycles. The molecule has 0 aromatic heterocycles. The van der Waals surface area contributed by atoms with Crippen LogP contribution in [0.25, 0.3) is 22.3 Å². The van der Waals surface area contributed by atoms with E-state index in [1.165, 1.54) is 121 Å². The van der Waals surface area contributed by atoms with Gasteiger partial charge in [0.05, 0.1) is 0 Å². The van der Waals surface area contributed by atoms with Crippen LogP contribution in [0.15, 0.2) is 133 Å². The minimum absolute atomic E-state index is 0.167. The molecular formula is C64H68B2. The van der Waals surface area contributed by atoms with Crippen molar-refractivity contribution in [2.75, 3.05) is 0 Å². The fourth-order valence-electron chi connectivity index (χ4n) is 15.4. The van der Waals surface area contributed by atoms with Crippen molar-refractivity contribution in [3.05, 3.63) is 189 Å². The Morgan fingerprint density at radius 3 is 1.44 bits per heavy atom. The summed E-state index contributed by atoms with van der Waals surface area (Å²) in [6, 6.07) is 53.0. The van der Waals surface area contributed by atoms with E-state index in [4.69, 9.17) is 0 Å². The molecule has 4 bridgehead atoms. The molecule has 4 aliphatic carbocycles. The number of benzene rings is 7. The first-order valence-electron chi connectivity index (χ1n) is 25.5. The topological polar surface area (TPSA) is 0 Å². The molecule has 12 rings (SSSR count). The SMILES string of the molecule is Cc1cc(C)c(B(c2cccc(-c3ccc(C45CC6CC(C4)CC(c4cc(C(C)C)c(B7c8ccccc8-c8ccccc87)c(C(C)C)c4)(C6)C5)cc3)c2)c2c(C)cc(C)cc2C)c(C)c1. The molecule has 7 aromatic carbocycles. The van der Waals surface area contributed by atoms with E-state index in [0.717, 1.165) is 11.8 Å². The predicted molar refractivity (Wildman–Crippen MR) is 287 cm³/mol. The van der Waals surface area contributed by atoms with E-state index >= 15 is 0 Å².